The number of hydrogen-bond donors (Lipinski definition) is 1. The molecule has 0 aromatic heterocycles. The molecule has 0 aliphatic rings. The van der Waals surface area contributed by atoms with Gasteiger partial charge in [0.25, 0.3) is 0 Å². The van der Waals surface area contributed by atoms with Crippen molar-refractivity contribution < 1.29 is 25.8 Å². The van der Waals surface area contributed by atoms with Crippen molar-refractivity contribution in [3.63, 3.8) is 0 Å². The lowest BCUT2D eigenvalue weighted by Crippen LogP contribution is -2.12. The minimum atomic E-state index is -3.63. The van der Waals surface area contributed by atoms with E-state index in [0.717, 1.165) is 12.5 Å². The molecule has 0 aliphatic heterocycles. The Labute approximate surface area is 126 Å². The van der Waals surface area contributed by atoms with Crippen molar-refractivity contribution in [3.05, 3.63) is 28.8 Å². The Morgan fingerprint density at radius 1 is 1.20 bits per heavy atom. The topological polar surface area (TPSA) is 121 Å². The highest BCUT2D eigenvalue weighted by molar-refractivity contribution is 8.13. The molecular formula is C9H11Cl2NO6S2. The highest BCUT2D eigenvalue weighted by atomic mass is 35.7. The maximum atomic E-state index is 10.9. The zero-order valence-electron chi connectivity index (χ0n) is 10.3. The Kier molecular flexibility index (Phi) is 6.75. The maximum absolute atomic E-state index is 10.9. The van der Waals surface area contributed by atoms with Gasteiger partial charge in [-0.05, 0) is 18.2 Å². The van der Waals surface area contributed by atoms with E-state index in [0.29, 0.717) is 0 Å². The lowest BCUT2D eigenvalue weighted by molar-refractivity contribution is 0.1000. The third-order valence-electron chi connectivity index (χ3n) is 1.45. The summed E-state index contributed by atoms with van der Waals surface area (Å²) in [6.07, 6.45) is 1.82. The number of hydrogen-bond acceptors (Lipinski definition) is 6. The van der Waals surface area contributed by atoms with Gasteiger partial charge in [-0.15, -0.1) is 0 Å². The van der Waals surface area contributed by atoms with Crippen LogP contribution in [0.4, 0.5) is 0 Å². The average Bonchev–Trinajstić information content (AvgIpc) is 2.15. The molecule has 1 aromatic rings. The summed E-state index contributed by atoms with van der Waals surface area (Å²) >= 11 is 5.66. The van der Waals surface area contributed by atoms with Gasteiger partial charge in [-0.25, -0.2) is 8.42 Å². The smallest absolute Gasteiger partial charge is 0.306 e. The second-order valence-electron chi connectivity index (χ2n) is 3.48. The van der Waals surface area contributed by atoms with Gasteiger partial charge in [0.1, 0.15) is 5.75 Å². The van der Waals surface area contributed by atoms with Crippen molar-refractivity contribution >= 4 is 47.4 Å². The molecule has 0 fully saturated rings. The van der Waals surface area contributed by atoms with E-state index in [1.807, 2.05) is 0 Å². The first-order chi connectivity index (χ1) is 8.79. The van der Waals surface area contributed by atoms with Crippen molar-refractivity contribution in [2.24, 2.45) is 5.73 Å². The molecule has 0 aliphatic carbocycles. The van der Waals surface area contributed by atoms with Gasteiger partial charge in [0.05, 0.1) is 23.1 Å². The van der Waals surface area contributed by atoms with Crippen LogP contribution in [-0.2, 0) is 19.2 Å². The van der Waals surface area contributed by atoms with Gasteiger partial charge in [-0.1, -0.05) is 11.6 Å². The highest BCUT2D eigenvalue weighted by Crippen LogP contribution is 2.22. The van der Waals surface area contributed by atoms with E-state index in [-0.39, 0.29) is 16.3 Å². The summed E-state index contributed by atoms with van der Waals surface area (Å²) in [4.78, 5) is 10.9. The molecule has 1 aromatic carbocycles. The number of carbonyl (C=O) groups excluding carboxylic acids is 1. The molecule has 0 saturated carbocycles. The number of nitrogens with two attached hydrogens (primary N) is 1. The van der Waals surface area contributed by atoms with Crippen LogP contribution in [0.5, 0.6) is 5.75 Å². The standard InChI is InChI=1S/C8H8ClNO4S.CH3ClO2S/c1-15(12,13)14-5-2-3-7(9)6(4-5)8(10)11;1-5(2,3)4/h2-4H,1H3,(H2,10,11);1H3. The second-order valence-corrected chi connectivity index (χ2v) is 8.50. The largest absolute Gasteiger partial charge is 0.383 e. The lowest BCUT2D eigenvalue weighted by Gasteiger charge is -2.05. The summed E-state index contributed by atoms with van der Waals surface area (Å²) < 4.78 is 44.9. The van der Waals surface area contributed by atoms with Gasteiger partial charge in [0.15, 0.2) is 0 Å². The van der Waals surface area contributed by atoms with Crippen LogP contribution in [0.3, 0.4) is 0 Å². The number of amides is 1. The SMILES string of the molecule is CS(=O)(=O)Cl.CS(=O)(=O)Oc1ccc(Cl)c(C(N)=O)c1. The summed E-state index contributed by atoms with van der Waals surface area (Å²) in [7, 11) is -2.32. The number of rotatable bonds is 3. The van der Waals surface area contributed by atoms with Crippen molar-refractivity contribution in [1.29, 1.82) is 0 Å². The van der Waals surface area contributed by atoms with Crippen molar-refractivity contribution in [2.45, 2.75) is 0 Å². The molecule has 0 atom stereocenters. The number of benzene rings is 1. The Bertz CT molecular complexity index is 691. The predicted molar refractivity (Wildman–Crippen MR) is 76.1 cm³/mol. The molecule has 11 heteroatoms. The summed E-state index contributed by atoms with van der Waals surface area (Å²) in [6, 6.07) is 3.84. The molecule has 0 bridgehead atoms. The van der Waals surface area contributed by atoms with Gasteiger partial charge in [-0.3, -0.25) is 4.79 Å². The Balaban J connectivity index is 0.000000621. The first-order valence-corrected chi connectivity index (χ1v) is 9.59. The molecule has 1 amide bonds. The number of carbonyl (C=O) groups is 1. The van der Waals surface area contributed by atoms with Crippen molar-refractivity contribution in [3.8, 4) is 5.75 Å². The molecule has 0 radical (unpaired) electrons. The fourth-order valence-corrected chi connectivity index (χ4v) is 1.58. The summed E-state index contributed by atoms with van der Waals surface area (Å²) in [5, 5.41) is 0.142. The van der Waals surface area contributed by atoms with Crippen LogP contribution in [0, 0.1) is 0 Å². The summed E-state index contributed by atoms with van der Waals surface area (Å²) in [5.74, 6) is -0.755. The van der Waals surface area contributed by atoms with Gasteiger partial charge in [-0.2, -0.15) is 8.42 Å². The normalized spacial score (nSPS) is 11.2. The molecule has 0 saturated heterocycles. The molecule has 0 spiro atoms. The van der Waals surface area contributed by atoms with Gasteiger partial charge >= 0.3 is 10.1 Å². The van der Waals surface area contributed by atoms with E-state index < -0.39 is 25.1 Å². The first-order valence-electron chi connectivity index (χ1n) is 4.68. The van der Waals surface area contributed by atoms with E-state index in [2.05, 4.69) is 14.9 Å². The highest BCUT2D eigenvalue weighted by Gasteiger charge is 2.10. The first kappa shape index (κ1) is 19.0. The molecule has 2 N–H and O–H groups in total. The molecule has 0 unspecified atom stereocenters. The minimum absolute atomic E-state index is 0.00398. The molecule has 0 heterocycles. The number of halogens is 2. The molecule has 20 heavy (non-hydrogen) atoms. The van der Waals surface area contributed by atoms with Crippen LogP contribution in [-0.4, -0.2) is 35.3 Å². The lowest BCUT2D eigenvalue weighted by atomic mass is 10.2. The van der Waals surface area contributed by atoms with Gasteiger partial charge in [0.2, 0.25) is 15.0 Å². The second kappa shape index (κ2) is 7.11. The van der Waals surface area contributed by atoms with E-state index in [9.17, 15) is 21.6 Å². The van der Waals surface area contributed by atoms with Crippen LogP contribution >= 0.6 is 22.3 Å². The van der Waals surface area contributed by atoms with E-state index in [1.165, 1.54) is 18.2 Å². The van der Waals surface area contributed by atoms with Gasteiger partial charge in [0, 0.05) is 10.7 Å². The van der Waals surface area contributed by atoms with Crippen LogP contribution < -0.4 is 9.92 Å². The quantitative estimate of drug-likeness (QED) is 0.630. The zero-order chi connectivity index (χ0) is 16.1. The van der Waals surface area contributed by atoms with Crippen molar-refractivity contribution in [1.82, 2.24) is 0 Å². The fourth-order valence-electron chi connectivity index (χ4n) is 0.920. The van der Waals surface area contributed by atoms with Crippen LogP contribution in [0.1, 0.15) is 10.4 Å². The van der Waals surface area contributed by atoms with Crippen LogP contribution in [0.25, 0.3) is 0 Å². The Morgan fingerprint density at radius 3 is 2.00 bits per heavy atom. The molecule has 7 nitrogen and oxygen atoms in total. The van der Waals surface area contributed by atoms with E-state index in [1.54, 1.807) is 0 Å². The number of primary amides is 1. The average molecular weight is 364 g/mol. The summed E-state index contributed by atoms with van der Waals surface area (Å²) in [6.45, 7) is 0. The predicted octanol–water partition coefficient (Wildman–Crippen LogP) is 0.962. The fraction of sp³-hybridized carbons (Fsp3) is 0.222. The minimum Gasteiger partial charge on any atom is -0.383 e. The summed E-state index contributed by atoms with van der Waals surface area (Å²) in [5.41, 5.74) is 5.03. The molecule has 114 valence electrons. The molecular weight excluding hydrogens is 353 g/mol. The maximum Gasteiger partial charge on any atom is 0.306 e. The van der Waals surface area contributed by atoms with Gasteiger partial charge < -0.3 is 9.92 Å². The third-order valence-corrected chi connectivity index (χ3v) is 2.28. The Morgan fingerprint density at radius 2 is 1.65 bits per heavy atom. The van der Waals surface area contributed by atoms with Crippen LogP contribution in [0.15, 0.2) is 18.2 Å². The van der Waals surface area contributed by atoms with E-state index in [4.69, 9.17) is 17.3 Å². The monoisotopic (exact) mass is 363 g/mol. The zero-order valence-corrected chi connectivity index (χ0v) is 13.5. The van der Waals surface area contributed by atoms with Crippen molar-refractivity contribution in [2.75, 3.05) is 12.5 Å². The van der Waals surface area contributed by atoms with E-state index >= 15 is 0 Å². The third kappa shape index (κ3) is 9.84. The molecule has 1 rings (SSSR count). The Hall–Kier alpha value is -1.03. The van der Waals surface area contributed by atoms with Crippen LogP contribution in [0.2, 0.25) is 5.02 Å².